The molecule has 0 aliphatic heterocycles. The van der Waals surface area contributed by atoms with E-state index in [1.165, 1.54) is 38.5 Å². The zero-order chi connectivity index (χ0) is 15.9. The minimum Gasteiger partial charge on any atom is -0.444 e. The van der Waals surface area contributed by atoms with Crippen LogP contribution in [0.4, 0.5) is 4.79 Å². The van der Waals surface area contributed by atoms with E-state index in [4.69, 9.17) is 10.5 Å². The third kappa shape index (κ3) is 7.67. The number of amides is 1. The standard InChI is InChI=1S/C16H33N3O2/c1-12(18-15(20)21-16(2,3)4)14(11-17)19-13-9-7-5-6-8-10-13/h12-14,19H,5-11,17H2,1-4H3,(H,18,20). The number of hydrogen-bond acceptors (Lipinski definition) is 4. The van der Waals surface area contributed by atoms with E-state index >= 15 is 0 Å². The van der Waals surface area contributed by atoms with Crippen molar-refractivity contribution in [1.29, 1.82) is 0 Å². The van der Waals surface area contributed by atoms with Crippen molar-refractivity contribution in [2.45, 2.75) is 89.9 Å². The highest BCUT2D eigenvalue weighted by molar-refractivity contribution is 5.68. The number of nitrogens with one attached hydrogen (secondary N) is 2. The van der Waals surface area contributed by atoms with Crippen LogP contribution in [0.2, 0.25) is 0 Å². The van der Waals surface area contributed by atoms with Crippen molar-refractivity contribution >= 4 is 6.09 Å². The lowest BCUT2D eigenvalue weighted by molar-refractivity contribution is 0.0497. The van der Waals surface area contributed by atoms with Gasteiger partial charge in [-0.25, -0.2) is 4.79 Å². The van der Waals surface area contributed by atoms with Crippen molar-refractivity contribution in [2.75, 3.05) is 6.54 Å². The van der Waals surface area contributed by atoms with E-state index in [9.17, 15) is 4.79 Å². The monoisotopic (exact) mass is 299 g/mol. The van der Waals surface area contributed by atoms with Gasteiger partial charge in [0.15, 0.2) is 0 Å². The molecule has 0 aromatic heterocycles. The Balaban J connectivity index is 2.44. The number of alkyl carbamates (subject to hydrolysis) is 1. The topological polar surface area (TPSA) is 76.4 Å². The normalized spacial score (nSPS) is 20.4. The Morgan fingerprint density at radius 1 is 1.24 bits per heavy atom. The molecule has 0 aromatic rings. The largest absolute Gasteiger partial charge is 0.444 e. The first-order valence-corrected chi connectivity index (χ1v) is 8.27. The van der Waals surface area contributed by atoms with Gasteiger partial charge in [-0.3, -0.25) is 0 Å². The lowest BCUT2D eigenvalue weighted by Gasteiger charge is -2.30. The fourth-order valence-corrected chi connectivity index (χ4v) is 2.76. The Labute approximate surface area is 129 Å². The fourth-order valence-electron chi connectivity index (χ4n) is 2.76. The second-order valence-corrected chi connectivity index (χ2v) is 7.13. The molecule has 0 saturated heterocycles. The summed E-state index contributed by atoms with van der Waals surface area (Å²) in [7, 11) is 0. The van der Waals surface area contributed by atoms with E-state index in [1.54, 1.807) is 0 Å². The molecule has 5 heteroatoms. The van der Waals surface area contributed by atoms with Gasteiger partial charge in [-0.15, -0.1) is 0 Å². The third-order valence-corrected chi connectivity index (χ3v) is 3.91. The summed E-state index contributed by atoms with van der Waals surface area (Å²) < 4.78 is 5.29. The molecule has 2 atom stereocenters. The van der Waals surface area contributed by atoms with Gasteiger partial charge in [0, 0.05) is 24.7 Å². The maximum absolute atomic E-state index is 11.8. The molecule has 0 spiro atoms. The summed E-state index contributed by atoms with van der Waals surface area (Å²) in [5.74, 6) is 0. The van der Waals surface area contributed by atoms with Crippen LogP contribution < -0.4 is 16.4 Å². The van der Waals surface area contributed by atoms with Crippen LogP contribution in [-0.4, -0.2) is 36.4 Å². The maximum atomic E-state index is 11.8. The first-order chi connectivity index (χ1) is 9.81. The Morgan fingerprint density at radius 2 is 1.81 bits per heavy atom. The number of carbonyl (C=O) groups excluding carboxylic acids is 1. The highest BCUT2D eigenvalue weighted by atomic mass is 16.6. The average Bonchev–Trinajstić information content (AvgIpc) is 2.61. The molecule has 0 radical (unpaired) electrons. The van der Waals surface area contributed by atoms with Crippen molar-refractivity contribution in [3.8, 4) is 0 Å². The van der Waals surface area contributed by atoms with Crippen LogP contribution in [0, 0.1) is 0 Å². The molecular formula is C16H33N3O2. The molecule has 21 heavy (non-hydrogen) atoms. The average molecular weight is 299 g/mol. The van der Waals surface area contributed by atoms with Gasteiger partial charge >= 0.3 is 6.09 Å². The quantitative estimate of drug-likeness (QED) is 0.682. The van der Waals surface area contributed by atoms with Gasteiger partial charge in [0.2, 0.25) is 0 Å². The molecule has 1 aliphatic carbocycles. The SMILES string of the molecule is CC(NC(=O)OC(C)(C)C)C(CN)NC1CCCCCC1. The van der Waals surface area contributed by atoms with Gasteiger partial charge < -0.3 is 21.1 Å². The molecule has 0 bridgehead atoms. The Kier molecular flexibility index (Phi) is 7.46. The zero-order valence-electron chi connectivity index (χ0n) is 14.1. The Hall–Kier alpha value is -0.810. The highest BCUT2D eigenvalue weighted by Gasteiger charge is 2.24. The molecule has 5 nitrogen and oxygen atoms in total. The first-order valence-electron chi connectivity index (χ1n) is 8.27. The molecule has 1 amide bonds. The Morgan fingerprint density at radius 3 is 2.29 bits per heavy atom. The molecule has 1 saturated carbocycles. The molecule has 1 aliphatic rings. The number of rotatable bonds is 5. The third-order valence-electron chi connectivity index (χ3n) is 3.91. The predicted molar refractivity (Wildman–Crippen MR) is 86.3 cm³/mol. The second kappa shape index (κ2) is 8.59. The lowest BCUT2D eigenvalue weighted by atomic mass is 10.0. The van der Waals surface area contributed by atoms with Crippen LogP contribution in [0.1, 0.15) is 66.2 Å². The van der Waals surface area contributed by atoms with Crippen LogP contribution in [0.25, 0.3) is 0 Å². The second-order valence-electron chi connectivity index (χ2n) is 7.13. The molecule has 2 unspecified atom stereocenters. The molecule has 0 heterocycles. The summed E-state index contributed by atoms with van der Waals surface area (Å²) in [6.45, 7) is 8.07. The van der Waals surface area contributed by atoms with Crippen LogP contribution in [-0.2, 0) is 4.74 Å². The molecule has 124 valence electrons. The number of nitrogens with two attached hydrogens (primary N) is 1. The number of hydrogen-bond donors (Lipinski definition) is 3. The van der Waals surface area contributed by atoms with Crippen molar-refractivity contribution in [2.24, 2.45) is 5.73 Å². The van der Waals surface area contributed by atoms with E-state index in [2.05, 4.69) is 10.6 Å². The van der Waals surface area contributed by atoms with Gasteiger partial charge in [0.25, 0.3) is 0 Å². The minimum absolute atomic E-state index is 0.0481. The summed E-state index contributed by atoms with van der Waals surface area (Å²) in [6.07, 6.45) is 7.25. The van der Waals surface area contributed by atoms with Gasteiger partial charge in [0.1, 0.15) is 5.60 Å². The summed E-state index contributed by atoms with van der Waals surface area (Å²) in [4.78, 5) is 11.8. The predicted octanol–water partition coefficient (Wildman–Crippen LogP) is 2.54. The van der Waals surface area contributed by atoms with Gasteiger partial charge in [-0.05, 0) is 40.5 Å². The first kappa shape index (κ1) is 18.2. The van der Waals surface area contributed by atoms with E-state index in [0.717, 1.165) is 0 Å². The molecular weight excluding hydrogens is 266 g/mol. The lowest BCUT2D eigenvalue weighted by Crippen LogP contribution is -2.55. The van der Waals surface area contributed by atoms with E-state index in [1.807, 2.05) is 27.7 Å². The number of carbonyl (C=O) groups is 1. The fraction of sp³-hybridized carbons (Fsp3) is 0.938. The summed E-state index contributed by atoms with van der Waals surface area (Å²) in [5, 5.41) is 6.51. The molecule has 4 N–H and O–H groups in total. The van der Waals surface area contributed by atoms with Gasteiger partial charge in [-0.2, -0.15) is 0 Å². The summed E-state index contributed by atoms with van der Waals surface area (Å²) in [5.41, 5.74) is 5.40. The molecule has 0 aromatic carbocycles. The van der Waals surface area contributed by atoms with Crippen molar-refractivity contribution in [3.05, 3.63) is 0 Å². The van der Waals surface area contributed by atoms with E-state index in [-0.39, 0.29) is 18.2 Å². The van der Waals surface area contributed by atoms with Crippen molar-refractivity contribution in [3.63, 3.8) is 0 Å². The highest BCUT2D eigenvalue weighted by Crippen LogP contribution is 2.18. The van der Waals surface area contributed by atoms with Crippen molar-refractivity contribution in [1.82, 2.24) is 10.6 Å². The van der Waals surface area contributed by atoms with Gasteiger partial charge in [-0.1, -0.05) is 25.7 Å². The van der Waals surface area contributed by atoms with Gasteiger partial charge in [0.05, 0.1) is 0 Å². The summed E-state index contributed by atoms with van der Waals surface area (Å²) >= 11 is 0. The minimum atomic E-state index is -0.475. The van der Waals surface area contributed by atoms with Crippen LogP contribution in [0.15, 0.2) is 0 Å². The van der Waals surface area contributed by atoms with E-state index < -0.39 is 5.60 Å². The van der Waals surface area contributed by atoms with E-state index in [0.29, 0.717) is 12.6 Å². The van der Waals surface area contributed by atoms with Crippen molar-refractivity contribution < 1.29 is 9.53 Å². The van der Waals surface area contributed by atoms with Crippen LogP contribution >= 0.6 is 0 Å². The van der Waals surface area contributed by atoms with Crippen LogP contribution in [0.3, 0.4) is 0 Å². The zero-order valence-corrected chi connectivity index (χ0v) is 14.1. The maximum Gasteiger partial charge on any atom is 0.407 e. The Bertz CT molecular complexity index is 307. The molecule has 1 fully saturated rings. The molecule has 1 rings (SSSR count). The smallest absolute Gasteiger partial charge is 0.407 e. The van der Waals surface area contributed by atoms with Crippen LogP contribution in [0.5, 0.6) is 0 Å². The number of ether oxygens (including phenoxy) is 1. The summed E-state index contributed by atoms with van der Waals surface area (Å²) in [6, 6.07) is 0.553.